The van der Waals surface area contributed by atoms with Crippen LogP contribution in [0.5, 0.6) is 0 Å². The Morgan fingerprint density at radius 1 is 1.33 bits per heavy atom. The summed E-state index contributed by atoms with van der Waals surface area (Å²) in [5, 5.41) is 17.5. The topological polar surface area (TPSA) is 178 Å². The van der Waals surface area contributed by atoms with Crippen molar-refractivity contribution in [1.29, 1.82) is 10.9 Å². The molecule has 92 valence electrons. The van der Waals surface area contributed by atoms with E-state index >= 15 is 0 Å². The van der Waals surface area contributed by atoms with Crippen LogP contribution in [0, 0.1) is 10.9 Å². The maximum Gasteiger partial charge on any atom is 0.339 e. The molecule has 0 fully saturated rings. The molecule has 0 heterocycles. The molecule has 0 saturated heterocycles. The molecular formula is C6H3N6O5S+. The van der Waals surface area contributed by atoms with Gasteiger partial charge < -0.3 is 0 Å². The lowest BCUT2D eigenvalue weighted by atomic mass is 10.3. The summed E-state index contributed by atoms with van der Waals surface area (Å²) in [5.41, 5.74) is 3.41. The summed E-state index contributed by atoms with van der Waals surface area (Å²) in [6.07, 6.45) is 0. The monoisotopic (exact) mass is 271 g/mol. The maximum atomic E-state index is 11.4. The third-order valence-corrected chi connectivity index (χ3v) is 2.59. The van der Waals surface area contributed by atoms with Crippen LogP contribution in [0.15, 0.2) is 36.0 Å². The van der Waals surface area contributed by atoms with Gasteiger partial charge in [-0.2, -0.15) is 13.9 Å². The van der Waals surface area contributed by atoms with Gasteiger partial charge in [-0.05, 0) is 6.07 Å². The SMILES string of the molecule is N#[N+]N=c1cc(S(=O)(=O)O)c(=O)c(=O)c1=NN=N. The van der Waals surface area contributed by atoms with Gasteiger partial charge in [-0.15, -0.1) is 5.10 Å². The lowest BCUT2D eigenvalue weighted by Crippen LogP contribution is -2.49. The Balaban J connectivity index is 4.18. The normalized spacial score (nSPS) is 13.3. The summed E-state index contributed by atoms with van der Waals surface area (Å²) in [6.45, 7) is 0. The molecule has 0 atom stereocenters. The Labute approximate surface area is 97.3 Å². The molecular weight excluding hydrogens is 268 g/mol. The minimum Gasteiger partial charge on any atom is -0.284 e. The highest BCUT2D eigenvalue weighted by molar-refractivity contribution is 7.85. The molecule has 1 rings (SSSR count). The highest BCUT2D eigenvalue weighted by Gasteiger charge is 2.20. The molecule has 0 radical (unpaired) electrons. The first-order valence-corrected chi connectivity index (χ1v) is 5.42. The quantitative estimate of drug-likeness (QED) is 0.207. The summed E-state index contributed by atoms with van der Waals surface area (Å²) in [5.74, 6) is 0. The molecule has 0 aromatic heterocycles. The average Bonchev–Trinajstić information content (AvgIpc) is 2.27. The first-order chi connectivity index (χ1) is 8.32. The van der Waals surface area contributed by atoms with Crippen molar-refractivity contribution in [2.45, 2.75) is 4.90 Å². The second-order valence-corrected chi connectivity index (χ2v) is 4.16. The smallest absolute Gasteiger partial charge is 0.284 e. The van der Waals surface area contributed by atoms with Crippen molar-refractivity contribution in [3.8, 4) is 0 Å². The first kappa shape index (κ1) is 13.4. The Morgan fingerprint density at radius 2 is 1.94 bits per heavy atom. The molecule has 0 unspecified atom stereocenters. The van der Waals surface area contributed by atoms with Gasteiger partial charge in [0.2, 0.25) is 5.43 Å². The largest absolute Gasteiger partial charge is 0.339 e. The van der Waals surface area contributed by atoms with E-state index in [2.05, 4.69) is 20.5 Å². The number of benzene rings is 1. The maximum absolute atomic E-state index is 11.4. The van der Waals surface area contributed by atoms with E-state index in [0.717, 1.165) is 0 Å². The van der Waals surface area contributed by atoms with E-state index in [9.17, 15) is 18.0 Å². The summed E-state index contributed by atoms with van der Waals surface area (Å²) in [4.78, 5) is 21.5. The summed E-state index contributed by atoms with van der Waals surface area (Å²) < 4.78 is 30.4. The molecule has 2 N–H and O–H groups in total. The van der Waals surface area contributed by atoms with Crippen LogP contribution in [0.25, 0.3) is 5.08 Å². The molecule has 18 heavy (non-hydrogen) atoms. The lowest BCUT2D eigenvalue weighted by molar-refractivity contribution is 0.482. The van der Waals surface area contributed by atoms with Crippen molar-refractivity contribution in [1.82, 2.24) is 0 Å². The number of nitrogens with one attached hydrogen (secondary N) is 1. The number of hydrogen-bond acceptors (Lipinski definition) is 8. The Bertz CT molecular complexity index is 869. The molecule has 0 spiro atoms. The van der Waals surface area contributed by atoms with E-state index in [1.807, 2.05) is 0 Å². The van der Waals surface area contributed by atoms with Crippen LogP contribution in [-0.4, -0.2) is 13.0 Å². The highest BCUT2D eigenvalue weighted by Crippen LogP contribution is 1.94. The van der Waals surface area contributed by atoms with Gasteiger partial charge in [0.05, 0.1) is 0 Å². The molecule has 0 amide bonds. The molecule has 12 heteroatoms. The van der Waals surface area contributed by atoms with Gasteiger partial charge in [0, 0.05) is 0 Å². The zero-order valence-electron chi connectivity index (χ0n) is 8.30. The second kappa shape index (κ2) is 4.69. The fraction of sp³-hybridized carbons (Fsp3) is 0. The van der Waals surface area contributed by atoms with E-state index in [4.69, 9.17) is 15.5 Å². The van der Waals surface area contributed by atoms with Crippen molar-refractivity contribution in [2.24, 2.45) is 15.4 Å². The molecule has 0 aliphatic rings. The minimum atomic E-state index is -4.94. The van der Waals surface area contributed by atoms with Crippen LogP contribution in [-0.2, 0) is 10.1 Å². The molecule has 1 aromatic carbocycles. The number of rotatable bonds is 2. The third-order valence-electron chi connectivity index (χ3n) is 1.74. The van der Waals surface area contributed by atoms with E-state index in [0.29, 0.717) is 6.07 Å². The van der Waals surface area contributed by atoms with Crippen LogP contribution >= 0.6 is 0 Å². The molecule has 0 aliphatic carbocycles. The summed E-state index contributed by atoms with van der Waals surface area (Å²) in [7, 11) is -4.94. The molecule has 1 aromatic rings. The van der Waals surface area contributed by atoms with Gasteiger partial charge in [-0.3, -0.25) is 14.1 Å². The summed E-state index contributed by atoms with van der Waals surface area (Å²) >= 11 is 0. The molecule has 0 aliphatic heterocycles. The van der Waals surface area contributed by atoms with Crippen molar-refractivity contribution in [3.63, 3.8) is 0 Å². The van der Waals surface area contributed by atoms with Crippen LogP contribution in [0.4, 0.5) is 0 Å². The Hall–Kier alpha value is -2.65. The van der Waals surface area contributed by atoms with Crippen molar-refractivity contribution >= 4 is 10.1 Å². The van der Waals surface area contributed by atoms with E-state index in [1.54, 1.807) is 0 Å². The van der Waals surface area contributed by atoms with Crippen LogP contribution < -0.4 is 21.6 Å². The van der Waals surface area contributed by atoms with Crippen LogP contribution in [0.2, 0.25) is 0 Å². The number of diazo groups is 1. The van der Waals surface area contributed by atoms with E-state index < -0.39 is 36.6 Å². The average molecular weight is 271 g/mol. The fourth-order valence-corrected chi connectivity index (χ4v) is 1.64. The predicted molar refractivity (Wildman–Crippen MR) is 52.5 cm³/mol. The van der Waals surface area contributed by atoms with E-state index in [-0.39, 0.29) is 0 Å². The van der Waals surface area contributed by atoms with Crippen LogP contribution in [0.1, 0.15) is 0 Å². The second-order valence-electron chi connectivity index (χ2n) is 2.77. The number of hydrogen-bond donors (Lipinski definition) is 2. The number of nitrogens with zero attached hydrogens (tertiary/aromatic N) is 5. The molecule has 0 bridgehead atoms. The van der Waals surface area contributed by atoms with Crippen molar-refractivity contribution in [2.75, 3.05) is 0 Å². The lowest BCUT2D eigenvalue weighted by Gasteiger charge is -1.91. The first-order valence-electron chi connectivity index (χ1n) is 3.98. The zero-order chi connectivity index (χ0) is 13.9. The molecule has 0 saturated carbocycles. The fourth-order valence-electron chi connectivity index (χ4n) is 1.06. The van der Waals surface area contributed by atoms with Gasteiger partial charge in [0.25, 0.3) is 20.9 Å². The summed E-state index contributed by atoms with van der Waals surface area (Å²) in [6, 6.07) is 0.475. The molecule has 11 nitrogen and oxygen atoms in total. The van der Waals surface area contributed by atoms with Crippen molar-refractivity contribution < 1.29 is 13.0 Å². The van der Waals surface area contributed by atoms with E-state index in [1.165, 1.54) is 0 Å². The van der Waals surface area contributed by atoms with Crippen molar-refractivity contribution in [3.05, 3.63) is 42.3 Å². The predicted octanol–water partition coefficient (Wildman–Crippen LogP) is -1.96. The van der Waals surface area contributed by atoms with Gasteiger partial charge in [-0.25, -0.2) is 0 Å². The van der Waals surface area contributed by atoms with Gasteiger partial charge in [0.15, 0.2) is 15.8 Å². The third kappa shape index (κ3) is 2.36. The standard InChI is InChI=1S/C6H2N6O5S/c7-11-9-2-1-3(18(15,16)17)5(13)6(14)4(2)10-12-8/h1,8H/p+1. The highest BCUT2D eigenvalue weighted by atomic mass is 32.2. The van der Waals surface area contributed by atoms with Gasteiger partial charge >= 0.3 is 5.08 Å². The minimum absolute atomic E-state index is 0.475. The zero-order valence-corrected chi connectivity index (χ0v) is 9.12. The van der Waals surface area contributed by atoms with Gasteiger partial charge in [-0.1, -0.05) is 5.22 Å². The van der Waals surface area contributed by atoms with Crippen LogP contribution in [0.3, 0.4) is 0 Å². The van der Waals surface area contributed by atoms with Gasteiger partial charge in [0.1, 0.15) is 4.90 Å². The Kier molecular flexibility index (Phi) is 3.50. The Morgan fingerprint density at radius 3 is 2.39 bits per heavy atom.